The average Bonchev–Trinajstić information content (AvgIpc) is 2.30. The minimum absolute atomic E-state index is 0.279. The Morgan fingerprint density at radius 3 is 2.81 bits per heavy atom. The lowest BCUT2D eigenvalue weighted by Crippen LogP contribution is -2.28. The highest BCUT2D eigenvalue weighted by atomic mass is 16.7. The van der Waals surface area contributed by atoms with E-state index in [1.807, 2.05) is 18.2 Å². The highest BCUT2D eigenvalue weighted by molar-refractivity contribution is 5.66. The van der Waals surface area contributed by atoms with Crippen molar-refractivity contribution in [2.24, 2.45) is 0 Å². The van der Waals surface area contributed by atoms with Gasteiger partial charge < -0.3 is 9.47 Å². The molecule has 0 amide bonds. The number of carbonyl (C=O) groups excluding carboxylic acids is 1. The summed E-state index contributed by atoms with van der Waals surface area (Å²) in [6.45, 7) is 2.06. The maximum atomic E-state index is 10.9. The van der Waals surface area contributed by atoms with Crippen molar-refractivity contribution in [1.82, 2.24) is 0 Å². The fourth-order valence-electron chi connectivity index (χ4n) is 2.06. The van der Waals surface area contributed by atoms with Crippen LogP contribution >= 0.6 is 0 Å². The van der Waals surface area contributed by atoms with Crippen molar-refractivity contribution in [3.63, 3.8) is 0 Å². The second-order valence-electron chi connectivity index (χ2n) is 4.04. The molecule has 16 heavy (non-hydrogen) atoms. The number of ether oxygens (including phenoxy) is 2. The molecular formula is C13H16O3. The standard InChI is InChI=1S/C13H16O3/c1-10(14)16-13-9-12(7-8-15-13)11-5-3-2-4-6-11/h2-6,12-13H,7-9H2,1H3. The highest BCUT2D eigenvalue weighted by Crippen LogP contribution is 2.30. The summed E-state index contributed by atoms with van der Waals surface area (Å²) >= 11 is 0. The second-order valence-corrected chi connectivity index (χ2v) is 4.04. The molecule has 0 bridgehead atoms. The van der Waals surface area contributed by atoms with Crippen LogP contribution in [0.25, 0.3) is 0 Å². The van der Waals surface area contributed by atoms with Crippen LogP contribution in [0.4, 0.5) is 0 Å². The van der Waals surface area contributed by atoms with Crippen LogP contribution in [0.3, 0.4) is 0 Å². The van der Waals surface area contributed by atoms with Crippen molar-refractivity contribution in [2.75, 3.05) is 6.61 Å². The molecular weight excluding hydrogens is 204 g/mol. The monoisotopic (exact) mass is 220 g/mol. The van der Waals surface area contributed by atoms with E-state index in [-0.39, 0.29) is 12.3 Å². The molecule has 3 heteroatoms. The van der Waals surface area contributed by atoms with Crippen LogP contribution in [0.5, 0.6) is 0 Å². The topological polar surface area (TPSA) is 35.5 Å². The zero-order chi connectivity index (χ0) is 11.4. The van der Waals surface area contributed by atoms with Crippen LogP contribution in [-0.2, 0) is 14.3 Å². The first kappa shape index (κ1) is 11.1. The number of rotatable bonds is 2. The summed E-state index contributed by atoms with van der Waals surface area (Å²) in [5, 5.41) is 0. The van der Waals surface area contributed by atoms with E-state index in [4.69, 9.17) is 9.47 Å². The van der Waals surface area contributed by atoms with E-state index in [2.05, 4.69) is 12.1 Å². The zero-order valence-electron chi connectivity index (χ0n) is 9.39. The van der Waals surface area contributed by atoms with Gasteiger partial charge in [-0.25, -0.2) is 0 Å². The highest BCUT2D eigenvalue weighted by Gasteiger charge is 2.25. The lowest BCUT2D eigenvalue weighted by Gasteiger charge is -2.29. The molecule has 1 aliphatic heterocycles. The Morgan fingerprint density at radius 2 is 2.12 bits per heavy atom. The molecule has 0 aromatic heterocycles. The molecule has 86 valence electrons. The summed E-state index contributed by atoms with van der Waals surface area (Å²) in [7, 11) is 0. The lowest BCUT2D eigenvalue weighted by molar-refractivity contribution is -0.186. The average molecular weight is 220 g/mol. The Hall–Kier alpha value is -1.35. The number of hydrogen-bond donors (Lipinski definition) is 0. The van der Waals surface area contributed by atoms with Gasteiger partial charge in [-0.05, 0) is 17.9 Å². The van der Waals surface area contributed by atoms with Gasteiger partial charge in [0.1, 0.15) is 0 Å². The van der Waals surface area contributed by atoms with E-state index >= 15 is 0 Å². The zero-order valence-corrected chi connectivity index (χ0v) is 9.39. The minimum Gasteiger partial charge on any atom is -0.436 e. The molecule has 1 aromatic rings. The van der Waals surface area contributed by atoms with E-state index in [1.165, 1.54) is 12.5 Å². The Bertz CT molecular complexity index is 347. The summed E-state index contributed by atoms with van der Waals surface area (Å²) in [6, 6.07) is 10.3. The molecule has 0 aliphatic carbocycles. The SMILES string of the molecule is CC(=O)OC1CC(c2ccccc2)CCO1. The lowest BCUT2D eigenvalue weighted by atomic mass is 9.91. The fraction of sp³-hybridized carbons (Fsp3) is 0.462. The van der Waals surface area contributed by atoms with E-state index in [0.29, 0.717) is 12.5 Å². The van der Waals surface area contributed by atoms with Crippen molar-refractivity contribution in [3.8, 4) is 0 Å². The van der Waals surface area contributed by atoms with Crippen LogP contribution in [0, 0.1) is 0 Å². The van der Waals surface area contributed by atoms with Crippen LogP contribution in [-0.4, -0.2) is 18.9 Å². The van der Waals surface area contributed by atoms with Gasteiger partial charge >= 0.3 is 5.97 Å². The van der Waals surface area contributed by atoms with Gasteiger partial charge in [0, 0.05) is 13.3 Å². The first-order valence-corrected chi connectivity index (χ1v) is 5.59. The fourth-order valence-corrected chi connectivity index (χ4v) is 2.06. The molecule has 0 radical (unpaired) electrons. The van der Waals surface area contributed by atoms with Crippen LogP contribution < -0.4 is 0 Å². The molecule has 1 fully saturated rings. The van der Waals surface area contributed by atoms with Gasteiger partial charge in [-0.2, -0.15) is 0 Å². The van der Waals surface area contributed by atoms with Crippen molar-refractivity contribution in [2.45, 2.75) is 32.0 Å². The van der Waals surface area contributed by atoms with Crippen molar-refractivity contribution in [1.29, 1.82) is 0 Å². The predicted octanol–water partition coefficient (Wildman–Crippen LogP) is 2.47. The van der Waals surface area contributed by atoms with Gasteiger partial charge in [0.15, 0.2) is 0 Å². The first-order chi connectivity index (χ1) is 7.75. The van der Waals surface area contributed by atoms with Gasteiger partial charge in [0.25, 0.3) is 0 Å². The predicted molar refractivity (Wildman–Crippen MR) is 59.9 cm³/mol. The van der Waals surface area contributed by atoms with Crippen LogP contribution in [0.1, 0.15) is 31.2 Å². The van der Waals surface area contributed by atoms with Gasteiger partial charge in [-0.1, -0.05) is 30.3 Å². The Balaban J connectivity index is 1.99. The maximum absolute atomic E-state index is 10.9. The van der Waals surface area contributed by atoms with E-state index in [1.54, 1.807) is 0 Å². The van der Waals surface area contributed by atoms with Crippen molar-refractivity contribution < 1.29 is 14.3 Å². The van der Waals surface area contributed by atoms with Crippen LogP contribution in [0.2, 0.25) is 0 Å². The number of hydrogen-bond acceptors (Lipinski definition) is 3. The molecule has 3 nitrogen and oxygen atoms in total. The van der Waals surface area contributed by atoms with E-state index in [0.717, 1.165) is 12.8 Å². The number of esters is 1. The van der Waals surface area contributed by atoms with Gasteiger partial charge in [-0.3, -0.25) is 4.79 Å². The summed E-state index contributed by atoms with van der Waals surface area (Å²) in [6.07, 6.45) is 1.36. The van der Waals surface area contributed by atoms with Gasteiger partial charge in [0.05, 0.1) is 6.61 Å². The summed E-state index contributed by atoms with van der Waals surface area (Å²) in [5.74, 6) is 0.151. The molecule has 1 heterocycles. The van der Waals surface area contributed by atoms with Crippen LogP contribution in [0.15, 0.2) is 30.3 Å². The number of benzene rings is 1. The molecule has 0 spiro atoms. The molecule has 0 saturated carbocycles. The molecule has 2 rings (SSSR count). The third kappa shape index (κ3) is 2.83. The van der Waals surface area contributed by atoms with Gasteiger partial charge in [0.2, 0.25) is 6.29 Å². The second kappa shape index (κ2) is 5.12. The third-order valence-corrected chi connectivity index (χ3v) is 2.82. The molecule has 2 unspecified atom stereocenters. The van der Waals surface area contributed by atoms with E-state index in [9.17, 15) is 4.79 Å². The molecule has 1 aromatic carbocycles. The smallest absolute Gasteiger partial charge is 0.304 e. The largest absolute Gasteiger partial charge is 0.436 e. The maximum Gasteiger partial charge on any atom is 0.304 e. The molecule has 1 saturated heterocycles. The van der Waals surface area contributed by atoms with E-state index < -0.39 is 0 Å². The Kier molecular flexibility index (Phi) is 3.57. The van der Waals surface area contributed by atoms with Crippen molar-refractivity contribution in [3.05, 3.63) is 35.9 Å². The minimum atomic E-state index is -0.378. The molecule has 0 N–H and O–H groups in total. The first-order valence-electron chi connectivity index (χ1n) is 5.59. The summed E-state index contributed by atoms with van der Waals surface area (Å²) < 4.78 is 10.5. The van der Waals surface area contributed by atoms with Crippen molar-refractivity contribution >= 4 is 5.97 Å². The third-order valence-electron chi connectivity index (χ3n) is 2.82. The van der Waals surface area contributed by atoms with Gasteiger partial charge in [-0.15, -0.1) is 0 Å². The Labute approximate surface area is 95.4 Å². The molecule has 1 aliphatic rings. The Morgan fingerprint density at radius 1 is 1.38 bits per heavy atom. The summed E-state index contributed by atoms with van der Waals surface area (Å²) in [5.41, 5.74) is 1.29. The molecule has 2 atom stereocenters. The summed E-state index contributed by atoms with van der Waals surface area (Å²) in [4.78, 5) is 10.9. The normalized spacial score (nSPS) is 25.1. The number of carbonyl (C=O) groups is 1. The quantitative estimate of drug-likeness (QED) is 0.718.